The summed E-state index contributed by atoms with van der Waals surface area (Å²) in [5.74, 6) is 1.14. The molecule has 21 heavy (non-hydrogen) atoms. The first-order chi connectivity index (χ1) is 10.3. The second-order valence-electron chi connectivity index (χ2n) is 5.17. The van der Waals surface area contributed by atoms with Crippen molar-refractivity contribution < 1.29 is 9.53 Å². The third-order valence-corrected chi connectivity index (χ3v) is 3.49. The lowest BCUT2D eigenvalue weighted by Gasteiger charge is -2.11. The van der Waals surface area contributed by atoms with Crippen LogP contribution in [0.1, 0.15) is 12.8 Å². The van der Waals surface area contributed by atoms with Crippen LogP contribution in [0.2, 0.25) is 0 Å². The van der Waals surface area contributed by atoms with E-state index in [-0.39, 0.29) is 11.8 Å². The molecule has 0 heterocycles. The summed E-state index contributed by atoms with van der Waals surface area (Å²) >= 11 is 0. The first kappa shape index (κ1) is 13.5. The second kappa shape index (κ2) is 5.87. The minimum absolute atomic E-state index is 0.125. The molecule has 0 aliphatic heterocycles. The zero-order valence-electron chi connectivity index (χ0n) is 11.9. The molecule has 0 saturated heterocycles. The minimum Gasteiger partial charge on any atom is -0.495 e. The highest BCUT2D eigenvalue weighted by Gasteiger charge is 2.29. The Hall–Kier alpha value is -2.49. The van der Waals surface area contributed by atoms with Gasteiger partial charge in [0.05, 0.1) is 12.8 Å². The van der Waals surface area contributed by atoms with Crippen molar-refractivity contribution in [2.75, 3.05) is 17.7 Å². The first-order valence-electron chi connectivity index (χ1n) is 7.07. The van der Waals surface area contributed by atoms with Crippen molar-refractivity contribution in [3.05, 3.63) is 48.5 Å². The molecule has 0 atom stereocenters. The maximum absolute atomic E-state index is 11.7. The van der Waals surface area contributed by atoms with Crippen LogP contribution >= 0.6 is 0 Å². The number of hydrogen-bond acceptors (Lipinski definition) is 3. The molecule has 2 N–H and O–H groups in total. The fourth-order valence-corrected chi connectivity index (χ4v) is 2.13. The molecular weight excluding hydrogens is 264 g/mol. The molecule has 0 unspecified atom stereocenters. The number of nitrogens with one attached hydrogen (secondary N) is 2. The van der Waals surface area contributed by atoms with Crippen LogP contribution in [-0.4, -0.2) is 13.0 Å². The van der Waals surface area contributed by atoms with Gasteiger partial charge in [0.25, 0.3) is 0 Å². The zero-order valence-corrected chi connectivity index (χ0v) is 11.9. The van der Waals surface area contributed by atoms with Gasteiger partial charge in [0.1, 0.15) is 5.75 Å². The predicted octanol–water partition coefficient (Wildman–Crippen LogP) is 3.79. The zero-order chi connectivity index (χ0) is 14.7. The van der Waals surface area contributed by atoms with E-state index in [1.54, 1.807) is 7.11 Å². The van der Waals surface area contributed by atoms with Crippen molar-refractivity contribution in [1.82, 2.24) is 0 Å². The summed E-state index contributed by atoms with van der Waals surface area (Å²) in [4.78, 5) is 11.7. The molecule has 0 spiro atoms. The molecule has 4 nitrogen and oxygen atoms in total. The number of amides is 1. The van der Waals surface area contributed by atoms with Crippen LogP contribution in [-0.2, 0) is 4.79 Å². The van der Waals surface area contributed by atoms with Gasteiger partial charge in [-0.3, -0.25) is 4.79 Å². The normalized spacial score (nSPS) is 13.6. The third kappa shape index (κ3) is 3.34. The van der Waals surface area contributed by atoms with E-state index in [2.05, 4.69) is 10.6 Å². The van der Waals surface area contributed by atoms with Gasteiger partial charge in [-0.25, -0.2) is 0 Å². The molecule has 2 aromatic rings. The van der Waals surface area contributed by atoms with Gasteiger partial charge in [-0.15, -0.1) is 0 Å². The highest BCUT2D eigenvalue weighted by molar-refractivity contribution is 5.94. The van der Waals surface area contributed by atoms with E-state index < -0.39 is 0 Å². The van der Waals surface area contributed by atoms with E-state index in [9.17, 15) is 4.79 Å². The summed E-state index contributed by atoms with van der Waals surface area (Å²) in [6, 6.07) is 15.4. The van der Waals surface area contributed by atoms with Crippen molar-refractivity contribution >= 4 is 23.0 Å². The number of hydrogen-bond donors (Lipinski definition) is 2. The van der Waals surface area contributed by atoms with Crippen LogP contribution in [0.15, 0.2) is 48.5 Å². The fourth-order valence-electron chi connectivity index (χ4n) is 2.13. The average molecular weight is 282 g/mol. The lowest BCUT2D eigenvalue weighted by atomic mass is 10.2. The Morgan fingerprint density at radius 3 is 2.38 bits per heavy atom. The average Bonchev–Trinajstić information content (AvgIpc) is 3.34. The van der Waals surface area contributed by atoms with Gasteiger partial charge in [0, 0.05) is 17.3 Å². The molecule has 3 rings (SSSR count). The van der Waals surface area contributed by atoms with E-state index in [0.29, 0.717) is 0 Å². The number of benzene rings is 2. The smallest absolute Gasteiger partial charge is 0.227 e. The van der Waals surface area contributed by atoms with Gasteiger partial charge in [0.15, 0.2) is 0 Å². The highest BCUT2D eigenvalue weighted by atomic mass is 16.5. The van der Waals surface area contributed by atoms with E-state index in [1.807, 2.05) is 48.5 Å². The Bertz CT molecular complexity index is 633. The van der Waals surface area contributed by atoms with E-state index >= 15 is 0 Å². The Kier molecular flexibility index (Phi) is 3.77. The number of methoxy groups -OCH3 is 1. The van der Waals surface area contributed by atoms with Gasteiger partial charge in [-0.05, 0) is 49.2 Å². The Balaban J connectivity index is 1.67. The van der Waals surface area contributed by atoms with Gasteiger partial charge >= 0.3 is 0 Å². The lowest BCUT2D eigenvalue weighted by molar-refractivity contribution is -0.117. The first-order valence-corrected chi connectivity index (χ1v) is 7.07. The number of anilines is 3. The molecule has 0 radical (unpaired) electrons. The quantitative estimate of drug-likeness (QED) is 0.877. The number of carbonyl (C=O) groups is 1. The van der Waals surface area contributed by atoms with Crippen LogP contribution in [0.3, 0.4) is 0 Å². The standard InChI is InChI=1S/C17H18N2O2/c1-21-16-5-3-2-4-15(16)18-13-8-10-14(11-9-13)19-17(20)12-6-7-12/h2-5,8-12,18H,6-7H2,1H3,(H,19,20). The van der Waals surface area contributed by atoms with Crippen molar-refractivity contribution in [2.45, 2.75) is 12.8 Å². The maximum atomic E-state index is 11.7. The van der Waals surface area contributed by atoms with Gasteiger partial charge in [-0.1, -0.05) is 12.1 Å². The minimum atomic E-state index is 0.125. The Labute approximate surface area is 124 Å². The van der Waals surface area contributed by atoms with E-state index in [0.717, 1.165) is 35.7 Å². The SMILES string of the molecule is COc1ccccc1Nc1ccc(NC(=O)C2CC2)cc1. The van der Waals surface area contributed by atoms with Crippen LogP contribution < -0.4 is 15.4 Å². The van der Waals surface area contributed by atoms with Crippen molar-refractivity contribution in [2.24, 2.45) is 5.92 Å². The molecule has 108 valence electrons. The lowest BCUT2D eigenvalue weighted by Crippen LogP contribution is -2.13. The molecule has 1 fully saturated rings. The predicted molar refractivity (Wildman–Crippen MR) is 84.1 cm³/mol. The third-order valence-electron chi connectivity index (χ3n) is 3.49. The van der Waals surface area contributed by atoms with Gasteiger partial charge in [-0.2, -0.15) is 0 Å². The largest absolute Gasteiger partial charge is 0.495 e. The molecule has 2 aromatic carbocycles. The summed E-state index contributed by atoms with van der Waals surface area (Å²) in [6.45, 7) is 0. The molecule has 0 aromatic heterocycles. The van der Waals surface area contributed by atoms with Crippen molar-refractivity contribution in [3.63, 3.8) is 0 Å². The van der Waals surface area contributed by atoms with E-state index in [4.69, 9.17) is 4.74 Å². The maximum Gasteiger partial charge on any atom is 0.227 e. The fraction of sp³-hybridized carbons (Fsp3) is 0.235. The molecule has 1 saturated carbocycles. The summed E-state index contributed by atoms with van der Waals surface area (Å²) in [6.07, 6.45) is 2.03. The van der Waals surface area contributed by atoms with Gasteiger partial charge in [0.2, 0.25) is 5.91 Å². The topological polar surface area (TPSA) is 50.4 Å². The summed E-state index contributed by atoms with van der Waals surface area (Å²) in [7, 11) is 1.65. The van der Waals surface area contributed by atoms with Gasteiger partial charge < -0.3 is 15.4 Å². The molecular formula is C17H18N2O2. The van der Waals surface area contributed by atoms with Crippen LogP contribution in [0.25, 0.3) is 0 Å². The van der Waals surface area contributed by atoms with Crippen LogP contribution in [0.5, 0.6) is 5.75 Å². The van der Waals surface area contributed by atoms with Crippen molar-refractivity contribution in [3.8, 4) is 5.75 Å². The molecule has 1 aliphatic rings. The molecule has 1 aliphatic carbocycles. The van der Waals surface area contributed by atoms with Crippen molar-refractivity contribution in [1.29, 1.82) is 0 Å². The Morgan fingerprint density at radius 1 is 1.05 bits per heavy atom. The number of rotatable bonds is 5. The molecule has 4 heteroatoms. The summed E-state index contributed by atoms with van der Waals surface area (Å²) in [5.41, 5.74) is 2.69. The second-order valence-corrected chi connectivity index (χ2v) is 5.17. The molecule has 0 bridgehead atoms. The Morgan fingerprint density at radius 2 is 1.71 bits per heavy atom. The monoisotopic (exact) mass is 282 g/mol. The molecule has 1 amide bonds. The number of para-hydroxylation sites is 2. The highest BCUT2D eigenvalue weighted by Crippen LogP contribution is 2.31. The number of carbonyl (C=O) groups excluding carboxylic acids is 1. The summed E-state index contributed by atoms with van der Waals surface area (Å²) in [5, 5.41) is 6.23. The van der Waals surface area contributed by atoms with Crippen LogP contribution in [0, 0.1) is 5.92 Å². The van der Waals surface area contributed by atoms with Crippen LogP contribution in [0.4, 0.5) is 17.1 Å². The summed E-state index contributed by atoms with van der Waals surface area (Å²) < 4.78 is 5.31. The van der Waals surface area contributed by atoms with E-state index in [1.165, 1.54) is 0 Å². The number of ether oxygens (including phenoxy) is 1.